The van der Waals surface area contributed by atoms with Crippen LogP contribution in [0.25, 0.3) is 0 Å². The molecule has 0 aliphatic heterocycles. The van der Waals surface area contributed by atoms with Crippen molar-refractivity contribution in [1.82, 2.24) is 0 Å². The van der Waals surface area contributed by atoms with Crippen LogP contribution < -0.4 is 0 Å². The molecule has 2 nitrogen and oxygen atoms in total. The van der Waals surface area contributed by atoms with Crippen LogP contribution in [0.5, 0.6) is 0 Å². The van der Waals surface area contributed by atoms with Gasteiger partial charge in [-0.25, -0.2) is 0 Å². The lowest BCUT2D eigenvalue weighted by Gasteiger charge is -2.57. The molecule has 0 bridgehead atoms. The SMILES string of the molecule is C=C1C(=C)[C@H]2[C@@H]3CCC4=CC(=O)CC[C@]4(C)[C@@H]3CC[C@]2(C)C1C#N. The van der Waals surface area contributed by atoms with Gasteiger partial charge >= 0.3 is 0 Å². The maximum absolute atomic E-state index is 11.9. The fourth-order valence-electron chi connectivity index (χ4n) is 6.78. The van der Waals surface area contributed by atoms with E-state index in [1.54, 1.807) is 0 Å². The fraction of sp³-hybridized carbons (Fsp3) is 0.636. The van der Waals surface area contributed by atoms with Crippen LogP contribution in [0.1, 0.15) is 52.4 Å². The number of carbonyl (C=O) groups is 1. The molecule has 0 heterocycles. The average molecular weight is 321 g/mol. The molecule has 126 valence electrons. The molecular formula is C22H27NO. The largest absolute Gasteiger partial charge is 0.295 e. The summed E-state index contributed by atoms with van der Waals surface area (Å²) in [4.78, 5) is 11.9. The van der Waals surface area contributed by atoms with E-state index in [0.29, 0.717) is 30.0 Å². The van der Waals surface area contributed by atoms with Gasteiger partial charge in [0.05, 0.1) is 12.0 Å². The molecule has 4 rings (SSSR count). The monoisotopic (exact) mass is 321 g/mol. The van der Waals surface area contributed by atoms with Gasteiger partial charge in [0.25, 0.3) is 0 Å². The first-order chi connectivity index (χ1) is 11.3. The first kappa shape index (κ1) is 15.9. The summed E-state index contributed by atoms with van der Waals surface area (Å²) in [5, 5.41) is 9.72. The van der Waals surface area contributed by atoms with Crippen LogP contribution in [0.15, 0.2) is 36.0 Å². The molecular weight excluding hydrogens is 294 g/mol. The Hall–Kier alpha value is -1.62. The summed E-state index contributed by atoms with van der Waals surface area (Å²) in [7, 11) is 0. The van der Waals surface area contributed by atoms with Crippen molar-refractivity contribution in [3.8, 4) is 6.07 Å². The molecule has 3 saturated carbocycles. The van der Waals surface area contributed by atoms with Gasteiger partial charge < -0.3 is 0 Å². The molecule has 4 aliphatic carbocycles. The number of rotatable bonds is 0. The van der Waals surface area contributed by atoms with Gasteiger partial charge in [-0.1, -0.05) is 32.6 Å². The zero-order valence-corrected chi connectivity index (χ0v) is 14.9. The van der Waals surface area contributed by atoms with Crippen LogP contribution in [-0.2, 0) is 4.79 Å². The lowest BCUT2D eigenvalue weighted by atomic mass is 9.46. The molecule has 0 amide bonds. The summed E-state index contributed by atoms with van der Waals surface area (Å²) in [6.45, 7) is 13.3. The standard InChI is InChI=1S/C22H27NO/c1-13-14(2)20-17-6-5-15-11-16(24)7-9-21(15,3)18(17)8-10-22(20,4)19(13)12-23/h11,17-20H,1-2,5-10H2,3-4H3/t17-,18-,19?,20+,21+,22-/m1/s1. The second kappa shape index (κ2) is 4.94. The molecule has 0 aromatic carbocycles. The molecule has 0 spiro atoms. The summed E-state index contributed by atoms with van der Waals surface area (Å²) in [6.07, 6.45) is 8.05. The molecule has 2 heteroatoms. The van der Waals surface area contributed by atoms with Crippen molar-refractivity contribution in [2.24, 2.45) is 34.5 Å². The maximum Gasteiger partial charge on any atom is 0.155 e. The molecule has 24 heavy (non-hydrogen) atoms. The third-order valence-electron chi connectivity index (χ3n) is 8.10. The van der Waals surface area contributed by atoms with Crippen molar-refractivity contribution in [3.63, 3.8) is 0 Å². The van der Waals surface area contributed by atoms with E-state index < -0.39 is 0 Å². The predicted molar refractivity (Wildman–Crippen MR) is 94.9 cm³/mol. The highest BCUT2D eigenvalue weighted by Crippen LogP contribution is 2.68. The molecule has 0 radical (unpaired) electrons. The van der Waals surface area contributed by atoms with E-state index in [1.807, 2.05) is 6.08 Å². The van der Waals surface area contributed by atoms with Gasteiger partial charge in [-0.2, -0.15) is 5.26 Å². The van der Waals surface area contributed by atoms with Crippen molar-refractivity contribution in [1.29, 1.82) is 5.26 Å². The molecule has 0 aromatic rings. The van der Waals surface area contributed by atoms with Crippen molar-refractivity contribution in [2.45, 2.75) is 52.4 Å². The average Bonchev–Trinajstić information content (AvgIpc) is 2.74. The highest BCUT2D eigenvalue weighted by Gasteiger charge is 2.61. The van der Waals surface area contributed by atoms with Gasteiger partial charge in [-0.15, -0.1) is 0 Å². The van der Waals surface area contributed by atoms with Crippen LogP contribution in [0.4, 0.5) is 0 Å². The van der Waals surface area contributed by atoms with E-state index in [-0.39, 0.29) is 16.7 Å². The highest BCUT2D eigenvalue weighted by molar-refractivity contribution is 5.91. The second-order valence-electron chi connectivity index (χ2n) is 9.00. The van der Waals surface area contributed by atoms with Gasteiger partial charge in [0.1, 0.15) is 0 Å². The lowest BCUT2D eigenvalue weighted by Crippen LogP contribution is -2.50. The number of fused-ring (bicyclic) bond motifs is 5. The van der Waals surface area contributed by atoms with E-state index in [9.17, 15) is 10.1 Å². The summed E-state index contributed by atoms with van der Waals surface area (Å²) in [5.41, 5.74) is 3.69. The van der Waals surface area contributed by atoms with E-state index >= 15 is 0 Å². The Balaban J connectivity index is 1.76. The number of allylic oxidation sites excluding steroid dienone is 3. The summed E-state index contributed by atoms with van der Waals surface area (Å²) in [5.74, 6) is 1.83. The Bertz CT molecular complexity index is 723. The Kier molecular flexibility index (Phi) is 3.27. The molecule has 1 unspecified atom stereocenters. The number of carbonyl (C=O) groups excluding carboxylic acids is 1. The number of nitriles is 1. The van der Waals surface area contributed by atoms with E-state index in [0.717, 1.165) is 36.8 Å². The quantitative estimate of drug-likeness (QED) is 0.630. The minimum absolute atomic E-state index is 0.00610. The number of hydrogen-bond acceptors (Lipinski definition) is 2. The third-order valence-corrected chi connectivity index (χ3v) is 8.10. The Morgan fingerprint density at radius 3 is 2.62 bits per heavy atom. The van der Waals surface area contributed by atoms with Gasteiger partial charge in [0.2, 0.25) is 0 Å². The zero-order valence-electron chi connectivity index (χ0n) is 14.9. The first-order valence-electron chi connectivity index (χ1n) is 9.34. The van der Waals surface area contributed by atoms with Crippen LogP contribution >= 0.6 is 0 Å². The third kappa shape index (κ3) is 1.79. The van der Waals surface area contributed by atoms with Gasteiger partial charge in [-0.3, -0.25) is 4.79 Å². The Morgan fingerprint density at radius 1 is 1.17 bits per heavy atom. The minimum atomic E-state index is -0.0753. The molecule has 0 N–H and O–H groups in total. The molecule has 6 atom stereocenters. The van der Waals surface area contributed by atoms with Crippen molar-refractivity contribution < 1.29 is 4.79 Å². The van der Waals surface area contributed by atoms with Crippen molar-refractivity contribution in [3.05, 3.63) is 36.0 Å². The van der Waals surface area contributed by atoms with Gasteiger partial charge in [0, 0.05) is 6.42 Å². The predicted octanol–water partition coefficient (Wildman–Crippen LogP) is 4.99. The van der Waals surface area contributed by atoms with Crippen molar-refractivity contribution >= 4 is 5.78 Å². The summed E-state index contributed by atoms with van der Waals surface area (Å²) >= 11 is 0. The normalized spacial score (nSPS) is 47.4. The zero-order chi connectivity index (χ0) is 17.3. The van der Waals surface area contributed by atoms with E-state index in [1.165, 1.54) is 12.0 Å². The first-order valence-corrected chi connectivity index (χ1v) is 9.34. The lowest BCUT2D eigenvalue weighted by molar-refractivity contribution is -0.117. The smallest absolute Gasteiger partial charge is 0.155 e. The molecule has 4 aliphatic rings. The second-order valence-corrected chi connectivity index (χ2v) is 9.00. The van der Waals surface area contributed by atoms with Gasteiger partial charge in [0.15, 0.2) is 5.78 Å². The van der Waals surface area contributed by atoms with Gasteiger partial charge in [-0.05, 0) is 77.9 Å². The Morgan fingerprint density at radius 2 is 1.92 bits per heavy atom. The molecule has 0 aromatic heterocycles. The van der Waals surface area contributed by atoms with Crippen molar-refractivity contribution in [2.75, 3.05) is 0 Å². The van der Waals surface area contributed by atoms with Crippen LogP contribution in [0, 0.1) is 45.8 Å². The summed E-state index contributed by atoms with van der Waals surface area (Å²) in [6, 6.07) is 2.53. The topological polar surface area (TPSA) is 40.9 Å². The number of hydrogen-bond donors (Lipinski definition) is 0. The number of ketones is 1. The van der Waals surface area contributed by atoms with Crippen LogP contribution in [0.3, 0.4) is 0 Å². The van der Waals surface area contributed by atoms with Crippen LogP contribution in [-0.4, -0.2) is 5.78 Å². The highest BCUT2D eigenvalue weighted by atomic mass is 16.1. The summed E-state index contributed by atoms with van der Waals surface area (Å²) < 4.78 is 0. The van der Waals surface area contributed by atoms with Crippen LogP contribution in [0.2, 0.25) is 0 Å². The van der Waals surface area contributed by atoms with E-state index in [4.69, 9.17) is 0 Å². The van der Waals surface area contributed by atoms with E-state index in [2.05, 4.69) is 33.1 Å². The molecule has 3 fully saturated rings. The number of nitrogens with zero attached hydrogens (tertiary/aromatic N) is 1. The maximum atomic E-state index is 11.9. The molecule has 0 saturated heterocycles. The Labute approximate surface area is 145 Å². The fourth-order valence-corrected chi connectivity index (χ4v) is 6.78. The minimum Gasteiger partial charge on any atom is -0.295 e.